The summed E-state index contributed by atoms with van der Waals surface area (Å²) in [6.07, 6.45) is 1.02. The summed E-state index contributed by atoms with van der Waals surface area (Å²) < 4.78 is 83.9. The molecule has 2 aromatic carbocycles. The fourth-order valence-corrected chi connectivity index (χ4v) is 7.18. The molecule has 0 spiro atoms. The van der Waals surface area contributed by atoms with E-state index in [-0.39, 0.29) is 47.6 Å². The van der Waals surface area contributed by atoms with E-state index in [0.29, 0.717) is 12.0 Å². The Hall–Kier alpha value is -3.46. The molecule has 1 aliphatic heterocycles. The van der Waals surface area contributed by atoms with Crippen LogP contribution in [0.5, 0.6) is 0 Å². The molecule has 0 bridgehead atoms. The highest BCUT2D eigenvalue weighted by atomic mass is 32.2. The van der Waals surface area contributed by atoms with Crippen LogP contribution in [0.4, 0.5) is 14.9 Å². The van der Waals surface area contributed by atoms with Crippen molar-refractivity contribution >= 4 is 32.0 Å². The summed E-state index contributed by atoms with van der Waals surface area (Å²) >= 11 is 0. The third-order valence-corrected chi connectivity index (χ3v) is 9.71. The van der Waals surface area contributed by atoms with Gasteiger partial charge in [0.2, 0.25) is 0 Å². The van der Waals surface area contributed by atoms with Gasteiger partial charge < -0.3 is 14.4 Å². The molecule has 1 aromatic heterocycles. The molecule has 4 rings (SSSR count). The molecule has 0 saturated carbocycles. The molecular weight excluding hydrogens is 587 g/mol. The van der Waals surface area contributed by atoms with E-state index in [0.717, 1.165) is 3.97 Å². The van der Waals surface area contributed by atoms with E-state index in [9.17, 15) is 26.0 Å². The number of aromatic nitrogens is 1. The Morgan fingerprint density at radius 2 is 1.81 bits per heavy atom. The average Bonchev–Trinajstić information content (AvgIpc) is 3.56. The van der Waals surface area contributed by atoms with Crippen molar-refractivity contribution in [1.82, 2.24) is 13.2 Å². The maximum atomic E-state index is 14.9. The lowest BCUT2D eigenvalue weighted by Gasteiger charge is -2.24. The molecule has 1 amide bonds. The van der Waals surface area contributed by atoms with E-state index in [4.69, 9.17) is 9.47 Å². The molecule has 14 heteroatoms. The number of anilines is 1. The molecule has 0 unspecified atom stereocenters. The topological polar surface area (TPSA) is 127 Å². The summed E-state index contributed by atoms with van der Waals surface area (Å²) in [5.41, 5.74) is -0.212. The number of nitrogens with one attached hydrogen (secondary N) is 1. The third-order valence-electron chi connectivity index (χ3n) is 6.54. The van der Waals surface area contributed by atoms with Crippen LogP contribution in [0.15, 0.2) is 65.7 Å². The summed E-state index contributed by atoms with van der Waals surface area (Å²) in [4.78, 5) is 13.6. The normalized spacial score (nSPS) is 16.4. The highest BCUT2D eigenvalue weighted by molar-refractivity contribution is 7.90. The van der Waals surface area contributed by atoms with E-state index < -0.39 is 37.7 Å². The van der Waals surface area contributed by atoms with Gasteiger partial charge in [-0.3, -0.25) is 4.72 Å². The number of halogens is 1. The Kier molecular flexibility index (Phi) is 9.02. The zero-order chi connectivity index (χ0) is 30.9. The number of amides is 1. The van der Waals surface area contributed by atoms with Crippen LogP contribution in [-0.2, 0) is 36.3 Å². The van der Waals surface area contributed by atoms with Crippen molar-refractivity contribution in [1.29, 1.82) is 0 Å². The van der Waals surface area contributed by atoms with Crippen molar-refractivity contribution in [3.05, 3.63) is 72.2 Å². The van der Waals surface area contributed by atoms with E-state index in [1.54, 1.807) is 26.8 Å². The van der Waals surface area contributed by atoms with E-state index in [1.165, 1.54) is 78.1 Å². The van der Waals surface area contributed by atoms with E-state index >= 15 is 0 Å². The predicted molar refractivity (Wildman–Crippen MR) is 156 cm³/mol. The maximum absolute atomic E-state index is 14.9. The van der Waals surface area contributed by atoms with Gasteiger partial charge in [-0.25, -0.2) is 21.6 Å². The first-order valence-electron chi connectivity index (χ1n) is 13.2. The van der Waals surface area contributed by atoms with E-state index in [1.807, 2.05) is 0 Å². The molecule has 1 N–H and O–H groups in total. The van der Waals surface area contributed by atoms with Gasteiger partial charge in [-0.05, 0) is 69.2 Å². The Labute approximate surface area is 246 Å². The second kappa shape index (κ2) is 12.0. The number of methoxy groups -OCH3 is 1. The maximum Gasteiger partial charge on any atom is 0.410 e. The molecule has 1 saturated heterocycles. The minimum atomic E-state index is -4.36. The first-order chi connectivity index (χ1) is 19.6. The van der Waals surface area contributed by atoms with Crippen molar-refractivity contribution in [3.8, 4) is 11.3 Å². The third kappa shape index (κ3) is 7.12. The van der Waals surface area contributed by atoms with Crippen LogP contribution in [0.1, 0.15) is 32.8 Å². The van der Waals surface area contributed by atoms with Crippen LogP contribution in [0.2, 0.25) is 0 Å². The summed E-state index contributed by atoms with van der Waals surface area (Å²) in [7, 11) is -5.31. The monoisotopic (exact) mass is 622 g/mol. The minimum absolute atomic E-state index is 0.0168. The van der Waals surface area contributed by atoms with Gasteiger partial charge in [0.15, 0.2) is 0 Å². The number of rotatable bonds is 9. The molecule has 42 heavy (non-hydrogen) atoms. The van der Waals surface area contributed by atoms with Crippen molar-refractivity contribution in [2.75, 3.05) is 32.0 Å². The van der Waals surface area contributed by atoms with E-state index in [2.05, 4.69) is 4.72 Å². The van der Waals surface area contributed by atoms with Gasteiger partial charge >= 0.3 is 16.3 Å². The van der Waals surface area contributed by atoms with Gasteiger partial charge in [0, 0.05) is 39.0 Å². The molecule has 11 nitrogen and oxygen atoms in total. The van der Waals surface area contributed by atoms with Crippen LogP contribution < -0.4 is 4.72 Å². The molecule has 2 heterocycles. The highest BCUT2D eigenvalue weighted by Gasteiger charge is 2.32. The lowest BCUT2D eigenvalue weighted by Crippen LogP contribution is -2.35. The van der Waals surface area contributed by atoms with Gasteiger partial charge in [-0.1, -0.05) is 18.2 Å². The molecule has 3 aromatic rings. The van der Waals surface area contributed by atoms with Gasteiger partial charge in [0.05, 0.1) is 28.9 Å². The Morgan fingerprint density at radius 3 is 2.45 bits per heavy atom. The van der Waals surface area contributed by atoms with Crippen molar-refractivity contribution in [2.24, 2.45) is 0 Å². The molecule has 0 radical (unpaired) electrons. The molecular formula is C28H35FN4O7S2. The zero-order valence-electron chi connectivity index (χ0n) is 24.1. The van der Waals surface area contributed by atoms with Crippen LogP contribution >= 0.6 is 0 Å². The number of carbonyl (C=O) groups is 1. The summed E-state index contributed by atoms with van der Waals surface area (Å²) in [6, 6.07) is 12.6. The van der Waals surface area contributed by atoms with Crippen molar-refractivity contribution < 1.29 is 35.5 Å². The lowest BCUT2D eigenvalue weighted by atomic mass is 10.1. The summed E-state index contributed by atoms with van der Waals surface area (Å²) in [5.74, 6) is -0.638. The van der Waals surface area contributed by atoms with Crippen LogP contribution in [0.3, 0.4) is 0 Å². The molecule has 1 atom stereocenters. The van der Waals surface area contributed by atoms with Gasteiger partial charge in [-0.15, -0.1) is 0 Å². The van der Waals surface area contributed by atoms with Gasteiger partial charge in [0.25, 0.3) is 10.0 Å². The summed E-state index contributed by atoms with van der Waals surface area (Å²) in [6.45, 7) is 5.62. The zero-order valence-corrected chi connectivity index (χ0v) is 25.7. The van der Waals surface area contributed by atoms with Crippen LogP contribution in [-0.4, -0.2) is 75.1 Å². The summed E-state index contributed by atoms with van der Waals surface area (Å²) in [5, 5.41) is 0. The lowest BCUT2D eigenvalue weighted by molar-refractivity contribution is 0.0285. The van der Waals surface area contributed by atoms with Gasteiger partial charge in [0.1, 0.15) is 11.4 Å². The van der Waals surface area contributed by atoms with Crippen LogP contribution in [0, 0.1) is 5.82 Å². The Bertz CT molecular complexity index is 1670. The Balaban J connectivity index is 1.69. The molecule has 0 aliphatic carbocycles. The molecule has 1 aliphatic rings. The van der Waals surface area contributed by atoms with Gasteiger partial charge in [-0.2, -0.15) is 12.7 Å². The standard InChI is InChI=1S/C28H35FN4O7S2/c1-28(2,3)40-27(34)31(4)17-20-15-26(24-11-6-7-12-25(24)29)33(18-20)41(35,36)23-10-8-9-21(16-23)30-42(37,38)32-14-13-22(19-32)39-5/h6-12,15-16,18,22,30H,13-14,17,19H2,1-5H3/t22-/m0/s1. The number of benzene rings is 2. The Morgan fingerprint density at radius 1 is 1.10 bits per heavy atom. The fraction of sp³-hybridized carbons (Fsp3) is 0.393. The second-order valence-corrected chi connectivity index (χ2v) is 14.5. The largest absolute Gasteiger partial charge is 0.444 e. The van der Waals surface area contributed by atoms with Crippen molar-refractivity contribution in [2.45, 2.75) is 50.3 Å². The fourth-order valence-electron chi connectivity index (χ4n) is 4.48. The average molecular weight is 623 g/mol. The highest BCUT2D eigenvalue weighted by Crippen LogP contribution is 2.31. The number of ether oxygens (including phenoxy) is 2. The predicted octanol–water partition coefficient (Wildman–Crippen LogP) is 4.28. The minimum Gasteiger partial charge on any atom is -0.444 e. The quantitative estimate of drug-likeness (QED) is 0.378. The van der Waals surface area contributed by atoms with Crippen molar-refractivity contribution in [3.63, 3.8) is 0 Å². The first kappa shape index (κ1) is 31.5. The second-order valence-electron chi connectivity index (χ2n) is 11.0. The first-order valence-corrected chi connectivity index (χ1v) is 16.1. The number of hydrogen-bond donors (Lipinski definition) is 1. The number of hydrogen-bond acceptors (Lipinski definition) is 7. The SMILES string of the molecule is CO[C@H]1CCN(S(=O)(=O)Nc2cccc(S(=O)(=O)n3cc(CN(C)C(=O)OC(C)(C)C)cc3-c3ccccc3F)c2)C1. The molecule has 228 valence electrons. The number of nitrogens with zero attached hydrogens (tertiary/aromatic N) is 3. The molecule has 1 fully saturated rings. The smallest absolute Gasteiger partial charge is 0.410 e. The van der Waals surface area contributed by atoms with Crippen LogP contribution in [0.25, 0.3) is 11.3 Å². The number of carbonyl (C=O) groups excluding carboxylic acids is 1.